The van der Waals surface area contributed by atoms with E-state index in [1.165, 1.54) is 12.7 Å². The first-order valence-corrected chi connectivity index (χ1v) is 5.55. The molecule has 1 heterocycles. The summed E-state index contributed by atoms with van der Waals surface area (Å²) in [5.74, 6) is -0.349. The van der Waals surface area contributed by atoms with Gasteiger partial charge in [0.05, 0.1) is 12.8 Å². The maximum absolute atomic E-state index is 11.6. The number of nitrogens with one attached hydrogen (secondary N) is 1. The predicted octanol–water partition coefficient (Wildman–Crippen LogP) is 1.96. The molecule has 4 heteroatoms. The number of hydrogen-bond acceptors (Lipinski definition) is 3. The summed E-state index contributed by atoms with van der Waals surface area (Å²) in [5.41, 5.74) is 4.72. The van der Waals surface area contributed by atoms with Crippen LogP contribution in [-0.2, 0) is 17.6 Å². The lowest BCUT2D eigenvalue weighted by molar-refractivity contribution is 0.0592. The molecule has 17 heavy (non-hydrogen) atoms. The summed E-state index contributed by atoms with van der Waals surface area (Å²) in [4.78, 5) is 11.6. The fourth-order valence-corrected chi connectivity index (χ4v) is 2.33. The molecule has 1 aliphatic rings. The van der Waals surface area contributed by atoms with Gasteiger partial charge in [-0.3, -0.25) is 5.10 Å². The van der Waals surface area contributed by atoms with Crippen LogP contribution in [0.5, 0.6) is 0 Å². The van der Waals surface area contributed by atoms with E-state index in [0.29, 0.717) is 5.69 Å². The number of nitrogens with zero attached hydrogens (tertiary/aromatic N) is 1. The Morgan fingerprint density at radius 1 is 1.35 bits per heavy atom. The van der Waals surface area contributed by atoms with E-state index in [4.69, 9.17) is 4.74 Å². The highest BCUT2D eigenvalue weighted by Gasteiger charge is 2.25. The van der Waals surface area contributed by atoms with Gasteiger partial charge in [0.25, 0.3) is 0 Å². The zero-order valence-corrected chi connectivity index (χ0v) is 9.49. The summed E-state index contributed by atoms with van der Waals surface area (Å²) < 4.78 is 4.74. The lowest BCUT2D eigenvalue weighted by atomic mass is 9.89. The van der Waals surface area contributed by atoms with E-state index in [9.17, 15) is 4.79 Å². The molecule has 0 aliphatic heterocycles. The molecule has 0 saturated heterocycles. The van der Waals surface area contributed by atoms with Gasteiger partial charge >= 0.3 is 5.97 Å². The largest absolute Gasteiger partial charge is 0.464 e. The quantitative estimate of drug-likeness (QED) is 0.759. The molecule has 86 valence electrons. The smallest absolute Gasteiger partial charge is 0.356 e. The van der Waals surface area contributed by atoms with Gasteiger partial charge < -0.3 is 4.74 Å². The van der Waals surface area contributed by atoms with Gasteiger partial charge in [0, 0.05) is 11.1 Å². The number of aryl methyl sites for hydroxylation is 1. The highest BCUT2D eigenvalue weighted by Crippen LogP contribution is 2.33. The first-order chi connectivity index (χ1) is 8.31. The second kappa shape index (κ2) is 3.73. The van der Waals surface area contributed by atoms with Crippen LogP contribution in [0.15, 0.2) is 24.3 Å². The number of benzene rings is 1. The van der Waals surface area contributed by atoms with E-state index >= 15 is 0 Å². The van der Waals surface area contributed by atoms with Crippen molar-refractivity contribution in [2.75, 3.05) is 7.11 Å². The first kappa shape index (κ1) is 10.1. The van der Waals surface area contributed by atoms with Gasteiger partial charge in [0.2, 0.25) is 0 Å². The zero-order chi connectivity index (χ0) is 11.8. The minimum atomic E-state index is -0.349. The number of rotatable bonds is 1. The van der Waals surface area contributed by atoms with E-state index in [1.807, 2.05) is 18.2 Å². The van der Waals surface area contributed by atoms with Crippen LogP contribution in [0.2, 0.25) is 0 Å². The van der Waals surface area contributed by atoms with E-state index in [1.54, 1.807) is 0 Å². The van der Waals surface area contributed by atoms with Gasteiger partial charge in [-0.2, -0.15) is 5.10 Å². The Labute approximate surface area is 98.6 Å². The van der Waals surface area contributed by atoms with Gasteiger partial charge in [-0.15, -0.1) is 0 Å². The molecule has 0 spiro atoms. The molecule has 0 radical (unpaired) electrons. The van der Waals surface area contributed by atoms with Crippen molar-refractivity contribution in [3.63, 3.8) is 0 Å². The van der Waals surface area contributed by atoms with Gasteiger partial charge in [-0.1, -0.05) is 24.3 Å². The molecule has 1 N–H and O–H groups in total. The number of H-pyrrole nitrogens is 1. The zero-order valence-electron chi connectivity index (χ0n) is 9.49. The number of carbonyl (C=O) groups is 1. The Bertz CT molecular complexity index is 587. The van der Waals surface area contributed by atoms with E-state index < -0.39 is 0 Å². The van der Waals surface area contributed by atoms with Crippen molar-refractivity contribution >= 4 is 5.97 Å². The maximum Gasteiger partial charge on any atom is 0.356 e. The minimum Gasteiger partial charge on any atom is -0.464 e. The summed E-state index contributed by atoms with van der Waals surface area (Å²) >= 11 is 0. The van der Waals surface area contributed by atoms with Gasteiger partial charge in [-0.25, -0.2) is 4.79 Å². The van der Waals surface area contributed by atoms with Crippen LogP contribution < -0.4 is 0 Å². The molecule has 0 unspecified atom stereocenters. The number of methoxy groups -OCH3 is 1. The molecule has 3 rings (SSSR count). The Balaban J connectivity index is 2.16. The Hall–Kier alpha value is -2.10. The maximum atomic E-state index is 11.6. The van der Waals surface area contributed by atoms with Gasteiger partial charge in [0.1, 0.15) is 5.69 Å². The lowest BCUT2D eigenvalue weighted by Crippen LogP contribution is -2.09. The topological polar surface area (TPSA) is 55.0 Å². The minimum absolute atomic E-state index is 0.349. The van der Waals surface area contributed by atoms with Gasteiger partial charge in [0.15, 0.2) is 0 Å². The van der Waals surface area contributed by atoms with Crippen molar-refractivity contribution in [3.8, 4) is 11.3 Å². The van der Waals surface area contributed by atoms with Crippen molar-refractivity contribution in [3.05, 3.63) is 41.1 Å². The highest BCUT2D eigenvalue weighted by atomic mass is 16.5. The normalized spacial score (nSPS) is 12.8. The molecule has 1 aliphatic carbocycles. The average molecular weight is 228 g/mol. The molecule has 0 saturated carbocycles. The Morgan fingerprint density at radius 2 is 2.18 bits per heavy atom. The lowest BCUT2D eigenvalue weighted by Gasteiger charge is -2.15. The second-order valence-corrected chi connectivity index (χ2v) is 4.07. The van der Waals surface area contributed by atoms with Crippen LogP contribution in [0, 0.1) is 0 Å². The number of hydrogen-bond donors (Lipinski definition) is 1. The van der Waals surface area contributed by atoms with Gasteiger partial charge in [-0.05, 0) is 18.4 Å². The van der Waals surface area contributed by atoms with E-state index in [-0.39, 0.29) is 5.97 Å². The van der Waals surface area contributed by atoms with Crippen LogP contribution in [0.3, 0.4) is 0 Å². The third kappa shape index (κ3) is 1.45. The van der Waals surface area contributed by atoms with Crippen LogP contribution in [0.1, 0.15) is 21.6 Å². The predicted molar refractivity (Wildman–Crippen MR) is 62.8 cm³/mol. The summed E-state index contributed by atoms with van der Waals surface area (Å²) in [6.45, 7) is 0. The summed E-state index contributed by atoms with van der Waals surface area (Å²) in [5, 5.41) is 7.02. The molecule has 1 aromatic heterocycles. The monoisotopic (exact) mass is 228 g/mol. The molecule has 0 atom stereocenters. The number of carbonyl (C=O) groups excluding carboxylic acids is 1. The van der Waals surface area contributed by atoms with Crippen LogP contribution in [0.25, 0.3) is 11.3 Å². The fourth-order valence-electron chi connectivity index (χ4n) is 2.33. The van der Waals surface area contributed by atoms with Crippen LogP contribution in [-0.4, -0.2) is 23.3 Å². The van der Waals surface area contributed by atoms with Crippen molar-refractivity contribution in [2.45, 2.75) is 12.8 Å². The van der Waals surface area contributed by atoms with E-state index in [2.05, 4.69) is 16.3 Å². The molecular formula is C13H12N2O2. The number of aromatic nitrogens is 2. The third-order valence-corrected chi connectivity index (χ3v) is 3.17. The fraction of sp³-hybridized carbons (Fsp3) is 0.231. The van der Waals surface area contributed by atoms with Crippen molar-refractivity contribution in [1.82, 2.24) is 10.2 Å². The molecule has 4 nitrogen and oxygen atoms in total. The van der Waals surface area contributed by atoms with Crippen LogP contribution in [0.4, 0.5) is 0 Å². The third-order valence-electron chi connectivity index (χ3n) is 3.17. The SMILES string of the molecule is COC(=O)c1[nH]nc2c1CCc1ccccc1-2. The van der Waals surface area contributed by atoms with Crippen LogP contribution >= 0.6 is 0 Å². The molecule has 2 aromatic rings. The summed E-state index contributed by atoms with van der Waals surface area (Å²) in [7, 11) is 1.38. The van der Waals surface area contributed by atoms with Crippen molar-refractivity contribution in [1.29, 1.82) is 0 Å². The summed E-state index contributed by atoms with van der Waals surface area (Å²) in [6.07, 6.45) is 1.76. The Morgan fingerprint density at radius 3 is 3.00 bits per heavy atom. The Kier molecular flexibility index (Phi) is 2.21. The summed E-state index contributed by atoms with van der Waals surface area (Å²) in [6, 6.07) is 8.15. The number of aromatic amines is 1. The van der Waals surface area contributed by atoms with Crippen molar-refractivity contribution in [2.24, 2.45) is 0 Å². The molecule has 0 amide bonds. The molecule has 0 bridgehead atoms. The highest BCUT2D eigenvalue weighted by molar-refractivity contribution is 5.91. The van der Waals surface area contributed by atoms with Crippen molar-refractivity contribution < 1.29 is 9.53 Å². The number of fused-ring (bicyclic) bond motifs is 3. The average Bonchev–Trinajstić information content (AvgIpc) is 2.82. The molecule has 0 fully saturated rings. The second-order valence-electron chi connectivity index (χ2n) is 4.07. The molecular weight excluding hydrogens is 216 g/mol. The number of esters is 1. The first-order valence-electron chi connectivity index (χ1n) is 5.55. The standard InChI is InChI=1S/C13H12N2O2/c1-17-13(16)12-10-7-6-8-4-2-3-5-9(8)11(10)14-15-12/h2-5H,6-7H2,1H3,(H,14,15). The molecule has 1 aromatic carbocycles. The number of ether oxygens (including phenoxy) is 1. The van der Waals surface area contributed by atoms with E-state index in [0.717, 1.165) is 29.7 Å².